The molecule has 2 rings (SSSR count). The number of nitrogens with zero attached hydrogens (tertiary/aromatic N) is 1. The molecular weight excluding hydrogens is 264 g/mol. The quantitative estimate of drug-likeness (QED) is 0.654. The average molecular weight is 284 g/mol. The fraction of sp³-hybridized carbons (Fsp3) is 0.235. The Morgan fingerprint density at radius 3 is 2.38 bits per heavy atom. The molecule has 0 fully saturated rings. The number of hydrazone groups is 1. The number of hydrogen-bond donors (Lipinski definition) is 1. The maximum absolute atomic E-state index is 5.31. The zero-order chi connectivity index (χ0) is 15.1. The Kier molecular flexibility index (Phi) is 5.21. The maximum Gasteiger partial charge on any atom is 0.123 e. The van der Waals surface area contributed by atoms with E-state index in [4.69, 9.17) is 9.47 Å². The summed E-state index contributed by atoms with van der Waals surface area (Å²) < 4.78 is 10.5. The van der Waals surface area contributed by atoms with E-state index in [1.807, 2.05) is 55.5 Å². The molecule has 0 aliphatic carbocycles. The van der Waals surface area contributed by atoms with Gasteiger partial charge in [-0.3, -0.25) is 0 Å². The lowest BCUT2D eigenvalue weighted by atomic mass is 10.1. The van der Waals surface area contributed by atoms with E-state index < -0.39 is 0 Å². The third kappa shape index (κ3) is 3.99. The number of ether oxygens (including phenoxy) is 2. The Labute approximate surface area is 125 Å². The average Bonchev–Trinajstić information content (AvgIpc) is 2.55. The zero-order valence-corrected chi connectivity index (χ0v) is 12.6. The molecule has 2 aromatic rings. The van der Waals surface area contributed by atoms with E-state index in [1.165, 1.54) is 0 Å². The molecule has 0 aromatic heterocycles. The van der Waals surface area contributed by atoms with E-state index in [-0.39, 0.29) is 0 Å². The predicted molar refractivity (Wildman–Crippen MR) is 85.0 cm³/mol. The summed E-state index contributed by atoms with van der Waals surface area (Å²) in [6.07, 6.45) is 0. The van der Waals surface area contributed by atoms with Gasteiger partial charge in [0, 0.05) is 5.56 Å². The highest BCUT2D eigenvalue weighted by atomic mass is 16.5. The van der Waals surface area contributed by atoms with Crippen LogP contribution in [0.3, 0.4) is 0 Å². The molecule has 110 valence electrons. The fourth-order valence-corrected chi connectivity index (χ4v) is 1.99. The summed E-state index contributed by atoms with van der Waals surface area (Å²) in [7, 11) is 3.33. The Bertz CT molecular complexity index is 606. The van der Waals surface area contributed by atoms with Gasteiger partial charge in [-0.05, 0) is 42.8 Å². The normalized spacial score (nSPS) is 11.1. The smallest absolute Gasteiger partial charge is 0.123 e. The third-order valence-corrected chi connectivity index (χ3v) is 3.22. The molecule has 0 unspecified atom stereocenters. The Balaban J connectivity index is 1.99. The van der Waals surface area contributed by atoms with Gasteiger partial charge in [-0.25, -0.2) is 0 Å². The maximum atomic E-state index is 5.31. The van der Waals surface area contributed by atoms with Crippen molar-refractivity contribution in [2.24, 2.45) is 5.10 Å². The van der Waals surface area contributed by atoms with Crippen LogP contribution in [0.25, 0.3) is 0 Å². The molecule has 4 heteroatoms. The minimum Gasteiger partial charge on any atom is -0.497 e. The molecule has 0 spiro atoms. The van der Waals surface area contributed by atoms with Crippen LogP contribution in [0.1, 0.15) is 18.1 Å². The van der Waals surface area contributed by atoms with Crippen LogP contribution in [-0.4, -0.2) is 19.9 Å². The lowest BCUT2D eigenvalue weighted by molar-refractivity contribution is 0.408. The number of rotatable bonds is 6. The number of hydrogen-bond acceptors (Lipinski definition) is 4. The first kappa shape index (κ1) is 14.9. The molecule has 1 N–H and O–H groups in total. The zero-order valence-electron chi connectivity index (χ0n) is 12.6. The first-order chi connectivity index (χ1) is 10.2. The van der Waals surface area contributed by atoms with Gasteiger partial charge >= 0.3 is 0 Å². The van der Waals surface area contributed by atoms with Crippen LogP contribution in [0.4, 0.5) is 0 Å². The van der Waals surface area contributed by atoms with Gasteiger partial charge < -0.3 is 14.9 Å². The minimum atomic E-state index is 0.623. The molecule has 0 amide bonds. The molecule has 0 bridgehead atoms. The fourth-order valence-electron chi connectivity index (χ4n) is 1.99. The van der Waals surface area contributed by atoms with Crippen LogP contribution < -0.4 is 14.9 Å². The second kappa shape index (κ2) is 7.33. The van der Waals surface area contributed by atoms with Gasteiger partial charge in [-0.2, -0.15) is 5.10 Å². The molecule has 0 aliphatic heterocycles. The van der Waals surface area contributed by atoms with Crippen molar-refractivity contribution >= 4 is 5.71 Å². The summed E-state index contributed by atoms with van der Waals surface area (Å²) in [5, 5.41) is 4.39. The van der Waals surface area contributed by atoms with Crippen LogP contribution in [0, 0.1) is 0 Å². The minimum absolute atomic E-state index is 0.623. The largest absolute Gasteiger partial charge is 0.497 e. The van der Waals surface area contributed by atoms with Gasteiger partial charge in [-0.1, -0.05) is 18.2 Å². The van der Waals surface area contributed by atoms with Gasteiger partial charge in [0.05, 0.1) is 26.5 Å². The Morgan fingerprint density at radius 2 is 1.71 bits per heavy atom. The predicted octanol–water partition coefficient (Wildman–Crippen LogP) is 3.22. The molecule has 0 saturated heterocycles. The molecule has 21 heavy (non-hydrogen) atoms. The van der Waals surface area contributed by atoms with Crippen molar-refractivity contribution in [2.75, 3.05) is 14.2 Å². The summed E-state index contributed by atoms with van der Waals surface area (Å²) in [6, 6.07) is 15.7. The molecule has 0 aliphatic rings. The second-order valence-corrected chi connectivity index (χ2v) is 4.57. The topological polar surface area (TPSA) is 42.8 Å². The lowest BCUT2D eigenvalue weighted by Crippen LogP contribution is -2.10. The van der Waals surface area contributed by atoms with Crippen molar-refractivity contribution in [2.45, 2.75) is 13.5 Å². The van der Waals surface area contributed by atoms with Gasteiger partial charge in [0.2, 0.25) is 0 Å². The molecule has 4 nitrogen and oxygen atoms in total. The summed E-state index contributed by atoms with van der Waals surface area (Å²) in [5.41, 5.74) is 6.14. The van der Waals surface area contributed by atoms with E-state index in [1.54, 1.807) is 14.2 Å². The van der Waals surface area contributed by atoms with Crippen LogP contribution >= 0.6 is 0 Å². The Morgan fingerprint density at radius 1 is 1.00 bits per heavy atom. The van der Waals surface area contributed by atoms with Gasteiger partial charge in [0.15, 0.2) is 0 Å². The van der Waals surface area contributed by atoms with E-state index in [9.17, 15) is 0 Å². The number of benzene rings is 2. The standard InChI is InChI=1S/C17H20N2O2/c1-13(14-8-10-16(20-2)11-9-14)19-18-12-15-6-4-5-7-17(15)21-3/h4-11,18H,12H2,1-3H3/b19-13+. The van der Waals surface area contributed by atoms with Crippen molar-refractivity contribution in [3.05, 3.63) is 59.7 Å². The van der Waals surface area contributed by atoms with Crippen LogP contribution in [0.15, 0.2) is 53.6 Å². The summed E-state index contributed by atoms with van der Waals surface area (Å²) in [5.74, 6) is 1.70. The molecule has 0 saturated carbocycles. The third-order valence-electron chi connectivity index (χ3n) is 3.22. The number of methoxy groups -OCH3 is 2. The van der Waals surface area contributed by atoms with Gasteiger partial charge in [0.25, 0.3) is 0 Å². The summed E-state index contributed by atoms with van der Waals surface area (Å²) >= 11 is 0. The van der Waals surface area contributed by atoms with E-state index in [2.05, 4.69) is 10.5 Å². The van der Waals surface area contributed by atoms with Crippen molar-refractivity contribution in [1.82, 2.24) is 5.43 Å². The number of nitrogens with one attached hydrogen (secondary N) is 1. The SMILES string of the molecule is COc1ccc(/C(C)=N/NCc2ccccc2OC)cc1. The number of para-hydroxylation sites is 1. The van der Waals surface area contributed by atoms with Crippen LogP contribution in [-0.2, 0) is 6.54 Å². The van der Waals surface area contributed by atoms with E-state index in [0.29, 0.717) is 6.54 Å². The highest BCUT2D eigenvalue weighted by Crippen LogP contribution is 2.16. The summed E-state index contributed by atoms with van der Waals surface area (Å²) in [6.45, 7) is 2.59. The lowest BCUT2D eigenvalue weighted by Gasteiger charge is -2.08. The monoisotopic (exact) mass is 284 g/mol. The molecular formula is C17H20N2O2. The highest BCUT2D eigenvalue weighted by molar-refractivity contribution is 5.98. The molecule has 0 radical (unpaired) electrons. The highest BCUT2D eigenvalue weighted by Gasteiger charge is 2.01. The Hall–Kier alpha value is -2.49. The molecule has 0 heterocycles. The van der Waals surface area contributed by atoms with Crippen LogP contribution in [0.5, 0.6) is 11.5 Å². The molecule has 0 atom stereocenters. The first-order valence-corrected chi connectivity index (χ1v) is 6.78. The van der Waals surface area contributed by atoms with Crippen molar-refractivity contribution < 1.29 is 9.47 Å². The van der Waals surface area contributed by atoms with Crippen molar-refractivity contribution in [1.29, 1.82) is 0 Å². The summed E-state index contributed by atoms with van der Waals surface area (Å²) in [4.78, 5) is 0. The molecule has 2 aromatic carbocycles. The van der Waals surface area contributed by atoms with Crippen molar-refractivity contribution in [3.63, 3.8) is 0 Å². The van der Waals surface area contributed by atoms with Crippen LogP contribution in [0.2, 0.25) is 0 Å². The van der Waals surface area contributed by atoms with Crippen molar-refractivity contribution in [3.8, 4) is 11.5 Å². The van der Waals surface area contributed by atoms with Gasteiger partial charge in [0.1, 0.15) is 11.5 Å². The first-order valence-electron chi connectivity index (χ1n) is 6.78. The van der Waals surface area contributed by atoms with Gasteiger partial charge in [-0.15, -0.1) is 0 Å². The van der Waals surface area contributed by atoms with E-state index >= 15 is 0 Å². The second-order valence-electron chi connectivity index (χ2n) is 4.57. The van der Waals surface area contributed by atoms with E-state index in [0.717, 1.165) is 28.3 Å².